The molecule has 2 aliphatic rings. The molecule has 4 heterocycles. The van der Waals surface area contributed by atoms with Crippen LogP contribution < -0.4 is 5.32 Å². The first-order chi connectivity index (χ1) is 13.9. The maximum Gasteiger partial charge on any atom is 0.271 e. The van der Waals surface area contributed by atoms with Crippen molar-refractivity contribution in [1.82, 2.24) is 35.4 Å². The van der Waals surface area contributed by atoms with Crippen LogP contribution in [-0.2, 0) is 11.3 Å². The minimum absolute atomic E-state index is 0.221. The number of H-pyrrole nitrogens is 1. The molecule has 29 heavy (non-hydrogen) atoms. The first-order valence-corrected chi connectivity index (χ1v) is 9.89. The molecule has 0 aromatic carbocycles. The minimum Gasteiger partial charge on any atom is -0.388 e. The molecule has 2 aliphatic heterocycles. The van der Waals surface area contributed by atoms with Gasteiger partial charge in [-0.2, -0.15) is 5.10 Å². The molecule has 0 aliphatic carbocycles. The van der Waals surface area contributed by atoms with Gasteiger partial charge in [0.25, 0.3) is 5.91 Å². The summed E-state index contributed by atoms with van der Waals surface area (Å²) < 4.78 is 6.22. The lowest BCUT2D eigenvalue weighted by Crippen LogP contribution is -2.63. The van der Waals surface area contributed by atoms with E-state index in [1.807, 2.05) is 6.92 Å². The fourth-order valence-corrected chi connectivity index (χ4v) is 4.21. The zero-order valence-electron chi connectivity index (χ0n) is 16.8. The van der Waals surface area contributed by atoms with Crippen molar-refractivity contribution in [3.05, 3.63) is 35.9 Å². The number of carbonyl (C=O) groups excluding carboxylic acids is 1. The van der Waals surface area contributed by atoms with Crippen molar-refractivity contribution in [2.24, 2.45) is 0 Å². The van der Waals surface area contributed by atoms with Gasteiger partial charge >= 0.3 is 0 Å². The third-order valence-electron chi connectivity index (χ3n) is 5.86. The second-order valence-electron chi connectivity index (χ2n) is 8.26. The Kier molecular flexibility index (Phi) is 5.32. The number of carbonyl (C=O) groups is 1. The van der Waals surface area contributed by atoms with Gasteiger partial charge in [0.2, 0.25) is 0 Å². The summed E-state index contributed by atoms with van der Waals surface area (Å²) >= 11 is 0. The standard InChI is InChI=1S/C19H27N7O3/c1-13-22-16(25-24-13)10-26-7-3-19(4-8-26)12-18(2,28)15(11-29-19)23-17(27)14-9-20-5-6-21-14/h5-6,9,15,28H,3-4,7-8,10-12H2,1-2H3,(H,23,27)(H,22,24,25)/t15-,18-/m0/s1. The lowest BCUT2D eigenvalue weighted by Gasteiger charge is -2.51. The summed E-state index contributed by atoms with van der Waals surface area (Å²) in [6, 6.07) is -0.503. The Balaban J connectivity index is 1.33. The highest BCUT2D eigenvalue weighted by Crippen LogP contribution is 2.39. The number of nitrogens with zero attached hydrogens (tertiary/aromatic N) is 5. The Morgan fingerprint density at radius 3 is 2.83 bits per heavy atom. The van der Waals surface area contributed by atoms with Crippen LogP contribution in [0.25, 0.3) is 0 Å². The summed E-state index contributed by atoms with van der Waals surface area (Å²) in [5.41, 5.74) is -1.22. The molecule has 3 N–H and O–H groups in total. The molecule has 0 bridgehead atoms. The number of nitrogens with one attached hydrogen (secondary N) is 2. The monoisotopic (exact) mass is 401 g/mol. The zero-order valence-corrected chi connectivity index (χ0v) is 16.8. The topological polar surface area (TPSA) is 129 Å². The number of hydrogen-bond donors (Lipinski definition) is 3. The highest BCUT2D eigenvalue weighted by Gasteiger charge is 2.49. The molecule has 2 saturated heterocycles. The Morgan fingerprint density at radius 2 is 2.21 bits per heavy atom. The molecule has 0 saturated carbocycles. The first kappa shape index (κ1) is 19.9. The van der Waals surface area contributed by atoms with Crippen LogP contribution in [0.4, 0.5) is 0 Å². The fourth-order valence-electron chi connectivity index (χ4n) is 4.21. The Labute approximate surface area is 169 Å². The smallest absolute Gasteiger partial charge is 0.271 e. The van der Waals surface area contributed by atoms with Crippen LogP contribution in [-0.4, -0.2) is 78.0 Å². The predicted molar refractivity (Wildman–Crippen MR) is 103 cm³/mol. The van der Waals surface area contributed by atoms with E-state index in [0.717, 1.165) is 37.6 Å². The first-order valence-electron chi connectivity index (χ1n) is 9.89. The number of ether oxygens (including phenoxy) is 1. The van der Waals surface area contributed by atoms with Crippen molar-refractivity contribution in [1.29, 1.82) is 0 Å². The summed E-state index contributed by atoms with van der Waals surface area (Å²) in [6.07, 6.45) is 6.48. The molecule has 2 aromatic heterocycles. The van der Waals surface area contributed by atoms with E-state index in [-0.39, 0.29) is 23.8 Å². The van der Waals surface area contributed by atoms with Gasteiger partial charge in [-0.25, -0.2) is 9.97 Å². The van der Waals surface area contributed by atoms with Crippen LogP contribution in [0.15, 0.2) is 18.6 Å². The van der Waals surface area contributed by atoms with Crippen LogP contribution in [0.5, 0.6) is 0 Å². The van der Waals surface area contributed by atoms with Gasteiger partial charge in [0, 0.05) is 31.9 Å². The number of hydrogen-bond acceptors (Lipinski definition) is 8. The number of likely N-dealkylation sites (tertiary alicyclic amines) is 1. The molecule has 156 valence electrons. The lowest BCUT2D eigenvalue weighted by molar-refractivity contribution is -0.186. The van der Waals surface area contributed by atoms with Gasteiger partial charge in [-0.3, -0.25) is 19.8 Å². The van der Waals surface area contributed by atoms with Gasteiger partial charge in [-0.15, -0.1) is 0 Å². The highest BCUT2D eigenvalue weighted by molar-refractivity contribution is 5.92. The number of aliphatic hydroxyl groups is 1. The van der Waals surface area contributed by atoms with Gasteiger partial charge in [-0.05, 0) is 26.7 Å². The summed E-state index contributed by atoms with van der Waals surface area (Å²) in [6.45, 7) is 6.31. The normalized spacial score (nSPS) is 27.1. The second-order valence-corrected chi connectivity index (χ2v) is 8.26. The van der Waals surface area contributed by atoms with Crippen molar-refractivity contribution in [2.75, 3.05) is 19.7 Å². The van der Waals surface area contributed by atoms with E-state index in [2.05, 4.69) is 35.4 Å². The molecule has 10 heteroatoms. The molecule has 0 radical (unpaired) electrons. The molecule has 1 spiro atoms. The van der Waals surface area contributed by atoms with E-state index < -0.39 is 11.6 Å². The number of amides is 1. The molecule has 10 nitrogen and oxygen atoms in total. The van der Waals surface area contributed by atoms with Crippen molar-refractivity contribution >= 4 is 5.91 Å². The quantitative estimate of drug-likeness (QED) is 0.663. The molecule has 0 unspecified atom stereocenters. The third-order valence-corrected chi connectivity index (χ3v) is 5.86. The number of aromatic nitrogens is 5. The summed E-state index contributed by atoms with van der Waals surface area (Å²) in [4.78, 5) is 27.0. The molecule has 2 fully saturated rings. The highest BCUT2D eigenvalue weighted by atomic mass is 16.5. The Hall–Kier alpha value is -2.43. The third kappa shape index (κ3) is 4.44. The average molecular weight is 401 g/mol. The predicted octanol–water partition coefficient (Wildman–Crippen LogP) is 0.208. The van der Waals surface area contributed by atoms with Crippen molar-refractivity contribution in [3.63, 3.8) is 0 Å². The van der Waals surface area contributed by atoms with E-state index in [1.165, 1.54) is 18.6 Å². The van der Waals surface area contributed by atoms with E-state index in [9.17, 15) is 9.90 Å². The zero-order chi connectivity index (χ0) is 20.5. The van der Waals surface area contributed by atoms with Crippen molar-refractivity contribution in [3.8, 4) is 0 Å². The Bertz CT molecular complexity index is 846. The van der Waals surface area contributed by atoms with E-state index in [1.54, 1.807) is 6.92 Å². The average Bonchev–Trinajstić information content (AvgIpc) is 3.11. The Morgan fingerprint density at radius 1 is 1.41 bits per heavy atom. The van der Waals surface area contributed by atoms with Gasteiger partial charge in [-0.1, -0.05) is 0 Å². The van der Waals surface area contributed by atoms with E-state index in [4.69, 9.17) is 4.74 Å². The van der Waals surface area contributed by atoms with Crippen molar-refractivity contribution in [2.45, 2.75) is 56.9 Å². The minimum atomic E-state index is -1.07. The second kappa shape index (κ2) is 7.77. The molecule has 2 aromatic rings. The van der Waals surface area contributed by atoms with E-state index in [0.29, 0.717) is 13.0 Å². The van der Waals surface area contributed by atoms with Gasteiger partial charge < -0.3 is 15.2 Å². The summed E-state index contributed by atoms with van der Waals surface area (Å²) in [5.74, 6) is 1.25. The van der Waals surface area contributed by atoms with Gasteiger partial charge in [0.05, 0.1) is 36.6 Å². The van der Waals surface area contributed by atoms with Crippen molar-refractivity contribution < 1.29 is 14.6 Å². The maximum absolute atomic E-state index is 12.4. The van der Waals surface area contributed by atoms with Crippen LogP contribution in [0.3, 0.4) is 0 Å². The molecule has 4 rings (SSSR count). The SMILES string of the molecule is Cc1nc(CN2CCC3(CC2)C[C@](C)(O)[C@@H](NC(=O)c2cnccn2)CO3)n[nH]1. The molecule has 1 amide bonds. The van der Waals surface area contributed by atoms with Crippen LogP contribution in [0.1, 0.15) is 48.3 Å². The van der Waals surface area contributed by atoms with Crippen LogP contribution in [0, 0.1) is 6.92 Å². The maximum atomic E-state index is 12.4. The molecular formula is C19H27N7O3. The summed E-state index contributed by atoms with van der Waals surface area (Å²) in [5, 5.41) is 21.0. The lowest BCUT2D eigenvalue weighted by atomic mass is 9.75. The fraction of sp³-hybridized carbons (Fsp3) is 0.632. The van der Waals surface area contributed by atoms with Gasteiger partial charge in [0.1, 0.15) is 11.5 Å². The van der Waals surface area contributed by atoms with E-state index >= 15 is 0 Å². The number of piperidine rings is 1. The summed E-state index contributed by atoms with van der Waals surface area (Å²) in [7, 11) is 0. The number of aryl methyl sites for hydroxylation is 1. The van der Waals surface area contributed by atoms with Crippen LogP contribution >= 0.6 is 0 Å². The molecular weight excluding hydrogens is 374 g/mol. The largest absolute Gasteiger partial charge is 0.388 e. The number of aromatic amines is 1. The number of rotatable bonds is 4. The molecule has 2 atom stereocenters. The van der Waals surface area contributed by atoms with Crippen LogP contribution in [0.2, 0.25) is 0 Å². The van der Waals surface area contributed by atoms with Gasteiger partial charge in [0.15, 0.2) is 5.82 Å².